The Kier molecular flexibility index (Phi) is 9.40. The average Bonchev–Trinajstić information content (AvgIpc) is 3.49. The number of anilines is 1. The molecule has 274 valence electrons. The number of benzene rings is 2. The number of pyridine rings is 1. The van der Waals surface area contributed by atoms with E-state index in [2.05, 4.69) is 20.8 Å². The quantitative estimate of drug-likeness (QED) is 0.227. The first-order valence-electron chi connectivity index (χ1n) is 18.4. The number of rotatable bonds is 7. The van der Waals surface area contributed by atoms with E-state index in [1.165, 1.54) is 30.5 Å². The Hall–Kier alpha value is -4.15. The van der Waals surface area contributed by atoms with Crippen LogP contribution in [-0.2, 0) is 9.47 Å². The van der Waals surface area contributed by atoms with Crippen LogP contribution in [0, 0.1) is 35.3 Å². The van der Waals surface area contributed by atoms with Crippen LogP contribution in [-0.4, -0.2) is 101 Å². The first-order chi connectivity index (χ1) is 25.1. The number of phenolic OH excluding ortho intramolecular Hbond substituents is 1. The van der Waals surface area contributed by atoms with E-state index < -0.39 is 17.2 Å². The third-order valence-electron chi connectivity index (χ3n) is 11.6. The molecule has 4 fully saturated rings. The molecule has 10 nitrogen and oxygen atoms in total. The van der Waals surface area contributed by atoms with Crippen molar-refractivity contribution in [3.05, 3.63) is 47.7 Å². The number of likely N-dealkylation sites (tertiary alicyclic amines) is 1. The van der Waals surface area contributed by atoms with Gasteiger partial charge in [-0.25, -0.2) is 8.78 Å². The number of ether oxygens (including phenoxy) is 3. The lowest BCUT2D eigenvalue weighted by molar-refractivity contribution is -0.0203. The van der Waals surface area contributed by atoms with Gasteiger partial charge in [0.05, 0.1) is 37.3 Å². The predicted octanol–water partition coefficient (Wildman–Crippen LogP) is 5.84. The molecule has 2 N–H and O–H groups in total. The van der Waals surface area contributed by atoms with E-state index in [0.29, 0.717) is 48.3 Å². The third kappa shape index (κ3) is 6.53. The van der Waals surface area contributed by atoms with Crippen LogP contribution in [0.25, 0.3) is 32.9 Å². The molecule has 0 bridgehead atoms. The van der Waals surface area contributed by atoms with E-state index >= 15 is 4.39 Å². The minimum absolute atomic E-state index is 0.0288. The molecule has 52 heavy (non-hydrogen) atoms. The summed E-state index contributed by atoms with van der Waals surface area (Å²) in [7, 11) is 0. The van der Waals surface area contributed by atoms with Crippen LogP contribution < -0.4 is 9.64 Å². The lowest BCUT2D eigenvalue weighted by Crippen LogP contribution is -2.53. The summed E-state index contributed by atoms with van der Waals surface area (Å²) in [5.74, 6) is 1.80. The zero-order chi connectivity index (χ0) is 36.0. The molecular weight excluding hydrogens is 668 g/mol. The number of hydrogen-bond donors (Lipinski definition) is 2. The van der Waals surface area contributed by atoms with E-state index in [4.69, 9.17) is 25.6 Å². The zero-order valence-electron chi connectivity index (χ0n) is 29.5. The SMILES string of the molecule is C#Cc1c(F)ccc2cc(O)cc(-c3ncc4c(N5CCOCC(C)(O)C5)nc(OCC56CCCC5N(CC5CCOCC5)CCC6)nc4c3F)c12. The number of terminal acetylenes is 1. The van der Waals surface area contributed by atoms with Crippen LogP contribution in [0.1, 0.15) is 57.4 Å². The Balaban J connectivity index is 1.20. The van der Waals surface area contributed by atoms with Gasteiger partial charge in [0.1, 0.15) is 34.2 Å². The maximum atomic E-state index is 17.0. The number of phenols is 1. The van der Waals surface area contributed by atoms with Gasteiger partial charge in [-0.15, -0.1) is 6.42 Å². The Labute approximate surface area is 302 Å². The monoisotopic (exact) mass is 713 g/mol. The molecule has 4 aliphatic rings. The van der Waals surface area contributed by atoms with Gasteiger partial charge < -0.3 is 29.3 Å². The van der Waals surface area contributed by atoms with Gasteiger partial charge in [0.2, 0.25) is 0 Å². The Morgan fingerprint density at radius 3 is 2.71 bits per heavy atom. The predicted molar refractivity (Wildman–Crippen MR) is 193 cm³/mol. The third-order valence-corrected chi connectivity index (χ3v) is 11.6. The van der Waals surface area contributed by atoms with Crippen LogP contribution >= 0.6 is 0 Å². The van der Waals surface area contributed by atoms with Crippen LogP contribution in [0.5, 0.6) is 11.8 Å². The molecule has 3 atom stereocenters. The van der Waals surface area contributed by atoms with Gasteiger partial charge in [0.15, 0.2) is 5.82 Å². The second-order valence-electron chi connectivity index (χ2n) is 15.4. The molecule has 12 heteroatoms. The Morgan fingerprint density at radius 1 is 1.06 bits per heavy atom. The van der Waals surface area contributed by atoms with Gasteiger partial charge >= 0.3 is 6.01 Å². The van der Waals surface area contributed by atoms with Crippen molar-refractivity contribution < 1.29 is 33.2 Å². The summed E-state index contributed by atoms with van der Waals surface area (Å²) < 4.78 is 49.9. The number of piperidine rings is 1. The summed E-state index contributed by atoms with van der Waals surface area (Å²) in [6.07, 6.45) is 14.8. The van der Waals surface area contributed by atoms with E-state index in [9.17, 15) is 14.6 Å². The number of hydrogen-bond acceptors (Lipinski definition) is 10. The number of halogens is 2. The number of fused-ring (bicyclic) bond motifs is 3. The molecule has 2 aromatic heterocycles. The van der Waals surface area contributed by atoms with Crippen molar-refractivity contribution in [3.63, 3.8) is 0 Å². The number of aromatic hydroxyl groups is 1. The normalized spacial score (nSPS) is 26.0. The van der Waals surface area contributed by atoms with Crippen molar-refractivity contribution in [2.45, 2.75) is 63.5 Å². The van der Waals surface area contributed by atoms with Crippen LogP contribution in [0.15, 0.2) is 30.5 Å². The molecule has 8 rings (SSSR count). The number of nitrogens with zero attached hydrogens (tertiary/aromatic N) is 5. The molecule has 0 radical (unpaired) electrons. The van der Waals surface area contributed by atoms with Crippen molar-refractivity contribution in [2.75, 3.05) is 64.1 Å². The fraction of sp³-hybridized carbons (Fsp3) is 0.525. The molecule has 0 amide bonds. The average molecular weight is 714 g/mol. The van der Waals surface area contributed by atoms with E-state index in [0.717, 1.165) is 71.2 Å². The number of β-amino-alcohol motifs (C(OH)–C–C–N with tert-alkyl or cyclic N) is 1. The van der Waals surface area contributed by atoms with Crippen molar-refractivity contribution in [1.82, 2.24) is 19.9 Å². The van der Waals surface area contributed by atoms with Crippen molar-refractivity contribution >= 4 is 27.5 Å². The minimum atomic E-state index is -1.19. The summed E-state index contributed by atoms with van der Waals surface area (Å²) in [4.78, 5) is 18.6. The van der Waals surface area contributed by atoms with Crippen LogP contribution in [0.4, 0.5) is 14.6 Å². The number of aliphatic hydroxyl groups is 1. The molecule has 5 heterocycles. The Bertz CT molecular complexity index is 2030. The van der Waals surface area contributed by atoms with Crippen molar-refractivity contribution in [2.24, 2.45) is 11.3 Å². The largest absolute Gasteiger partial charge is 0.508 e. The second kappa shape index (κ2) is 14.0. The maximum absolute atomic E-state index is 17.0. The second-order valence-corrected chi connectivity index (χ2v) is 15.4. The van der Waals surface area contributed by atoms with Gasteiger partial charge in [-0.05, 0) is 81.5 Å². The molecule has 1 aliphatic carbocycles. The molecule has 3 unspecified atom stereocenters. The molecule has 0 spiro atoms. The lowest BCUT2D eigenvalue weighted by Gasteiger charge is -2.47. The maximum Gasteiger partial charge on any atom is 0.319 e. The molecule has 1 saturated carbocycles. The highest BCUT2D eigenvalue weighted by molar-refractivity contribution is 6.03. The topological polar surface area (TPSA) is 113 Å². The summed E-state index contributed by atoms with van der Waals surface area (Å²) in [5, 5.41) is 22.7. The van der Waals surface area contributed by atoms with Crippen molar-refractivity contribution in [3.8, 4) is 35.4 Å². The van der Waals surface area contributed by atoms with Gasteiger partial charge in [0, 0.05) is 54.9 Å². The fourth-order valence-electron chi connectivity index (χ4n) is 9.15. The van der Waals surface area contributed by atoms with Crippen molar-refractivity contribution in [1.29, 1.82) is 0 Å². The first-order valence-corrected chi connectivity index (χ1v) is 18.4. The van der Waals surface area contributed by atoms with Gasteiger partial charge in [-0.2, -0.15) is 9.97 Å². The summed E-state index contributed by atoms with van der Waals surface area (Å²) in [5.41, 5.74) is -1.38. The molecule has 4 aromatic rings. The highest BCUT2D eigenvalue weighted by Gasteiger charge is 2.49. The van der Waals surface area contributed by atoms with Gasteiger partial charge in [-0.3, -0.25) is 9.88 Å². The fourth-order valence-corrected chi connectivity index (χ4v) is 9.15. The van der Waals surface area contributed by atoms with E-state index in [-0.39, 0.29) is 58.1 Å². The zero-order valence-corrected chi connectivity index (χ0v) is 29.5. The smallest absolute Gasteiger partial charge is 0.319 e. The van der Waals surface area contributed by atoms with E-state index in [1.54, 1.807) is 6.92 Å². The summed E-state index contributed by atoms with van der Waals surface area (Å²) in [6.45, 7) is 6.92. The molecule has 3 saturated heterocycles. The highest BCUT2D eigenvalue weighted by Crippen LogP contribution is 2.48. The first kappa shape index (κ1) is 34.9. The summed E-state index contributed by atoms with van der Waals surface area (Å²) >= 11 is 0. The lowest BCUT2D eigenvalue weighted by atomic mass is 9.75. The van der Waals surface area contributed by atoms with E-state index in [1.807, 2.05) is 4.90 Å². The standard InChI is InChI=1S/C40H45F2N5O5/c1-3-28-31(41)8-7-26-18-27(48)19-29(33(26)28)35-34(42)36-30(20-43-35)37(47-14-17-51-23-39(2,49)22-47)45-38(44-36)52-24-40-11-4-6-32(40)46(13-5-12-40)21-25-9-15-50-16-10-25/h1,7-8,18-20,25,32,48-49H,4-6,9-17,21-24H2,2H3. The molecule has 3 aliphatic heterocycles. The number of aromatic nitrogens is 3. The summed E-state index contributed by atoms with van der Waals surface area (Å²) in [6, 6.07) is 5.90. The van der Waals surface area contributed by atoms with Gasteiger partial charge in [0.25, 0.3) is 0 Å². The highest BCUT2D eigenvalue weighted by atomic mass is 19.1. The van der Waals surface area contributed by atoms with Crippen LogP contribution in [0.3, 0.4) is 0 Å². The molecular formula is C40H45F2N5O5. The molecule has 2 aromatic carbocycles. The van der Waals surface area contributed by atoms with Crippen LogP contribution in [0.2, 0.25) is 0 Å². The minimum Gasteiger partial charge on any atom is -0.508 e. The van der Waals surface area contributed by atoms with Gasteiger partial charge in [-0.1, -0.05) is 18.4 Å². The Morgan fingerprint density at radius 2 is 1.88 bits per heavy atom.